The number of aliphatic hydroxyl groups is 5. The van der Waals surface area contributed by atoms with E-state index in [1.54, 1.807) is 0 Å². The number of carbonyl (C=O) groups excluding carboxylic acids is 1. The van der Waals surface area contributed by atoms with Gasteiger partial charge in [-0.25, -0.2) is 4.18 Å². The fourth-order valence-corrected chi connectivity index (χ4v) is 7.79. The molecule has 0 spiro atoms. The molecule has 1 amide bonds. The van der Waals surface area contributed by atoms with E-state index in [0.717, 1.165) is 38.5 Å². The van der Waals surface area contributed by atoms with Crippen LogP contribution in [0.5, 0.6) is 0 Å². The summed E-state index contributed by atoms with van der Waals surface area (Å²) in [5, 5.41) is 55.1. The second kappa shape index (κ2) is 34.5. The summed E-state index contributed by atoms with van der Waals surface area (Å²) in [6, 6.07) is -1.11. The molecule has 0 bridgehead atoms. The number of hydrogen-bond acceptors (Lipinski definition) is 11. The minimum Gasteiger partial charge on any atom is -0.394 e. The molecule has 338 valence electrons. The topological polar surface area (TPSA) is 212 Å². The van der Waals surface area contributed by atoms with Gasteiger partial charge in [-0.2, -0.15) is 8.42 Å². The lowest BCUT2D eigenvalue weighted by molar-refractivity contribution is -0.298. The molecule has 1 rings (SSSR count). The minimum atomic E-state index is -5.11. The average molecular weight is 838 g/mol. The third-order valence-corrected chi connectivity index (χ3v) is 11.4. The molecule has 0 aromatic carbocycles. The van der Waals surface area contributed by atoms with Gasteiger partial charge in [-0.05, 0) is 19.3 Å². The Bertz CT molecular complexity index is 1100. The van der Waals surface area contributed by atoms with Crippen LogP contribution in [-0.4, -0.2) is 107 Å². The van der Waals surface area contributed by atoms with Gasteiger partial charge in [-0.15, -0.1) is 0 Å². The Morgan fingerprint density at radius 3 is 1.58 bits per heavy atom. The predicted octanol–water partition coefficient (Wildman–Crippen LogP) is 7.36. The van der Waals surface area contributed by atoms with Crippen LogP contribution in [0.25, 0.3) is 0 Å². The van der Waals surface area contributed by atoms with Crippen LogP contribution in [0.2, 0.25) is 0 Å². The first-order valence-electron chi connectivity index (χ1n) is 22.7. The minimum absolute atomic E-state index is 0.246. The fraction of sp³-hybridized carbons (Fsp3) is 0.930. The molecule has 14 heteroatoms. The van der Waals surface area contributed by atoms with Crippen molar-refractivity contribution in [3.63, 3.8) is 0 Å². The number of nitrogens with one attached hydrogen (secondary N) is 1. The molecule has 8 unspecified atom stereocenters. The van der Waals surface area contributed by atoms with Crippen molar-refractivity contribution in [2.45, 2.75) is 243 Å². The van der Waals surface area contributed by atoms with E-state index in [2.05, 4.69) is 23.3 Å². The normalized spacial score (nSPS) is 21.9. The maximum atomic E-state index is 13.0. The standard InChI is InChI=1S/C43H83NO12S/c1-3-5-7-9-11-13-15-16-17-18-19-20-21-22-24-25-27-29-31-36(46)35(44-42(50)37(47)32-30-28-26-23-14-12-10-8-6-4-2)34-54-43-40(49)41(56-57(51,52)53)39(48)38(33-45)55-43/h29,31,35-41,43,45-49H,3-28,30,32-34H2,1-2H3,(H,44,50)(H,51,52,53)/b31-29+. The van der Waals surface area contributed by atoms with Gasteiger partial charge in [0.05, 0.1) is 25.4 Å². The number of carbonyl (C=O) groups is 1. The van der Waals surface area contributed by atoms with Crippen LogP contribution in [0.4, 0.5) is 0 Å². The van der Waals surface area contributed by atoms with Gasteiger partial charge in [-0.1, -0.05) is 187 Å². The quantitative estimate of drug-likeness (QED) is 0.0185. The van der Waals surface area contributed by atoms with E-state index < -0.39 is 78.5 Å². The molecule has 13 nitrogen and oxygen atoms in total. The number of hydrogen-bond donors (Lipinski definition) is 7. The first kappa shape index (κ1) is 53.8. The zero-order chi connectivity index (χ0) is 42.2. The smallest absolute Gasteiger partial charge is 0.394 e. The van der Waals surface area contributed by atoms with E-state index in [1.807, 2.05) is 6.08 Å². The van der Waals surface area contributed by atoms with Crippen LogP contribution in [0.15, 0.2) is 12.2 Å². The van der Waals surface area contributed by atoms with E-state index in [9.17, 15) is 38.7 Å². The lowest BCUT2D eigenvalue weighted by Gasteiger charge is -2.41. The molecule has 0 radical (unpaired) electrons. The summed E-state index contributed by atoms with van der Waals surface area (Å²) in [6.45, 7) is 3.19. The third-order valence-electron chi connectivity index (χ3n) is 10.9. The zero-order valence-electron chi connectivity index (χ0n) is 35.5. The molecule has 1 saturated heterocycles. The molecule has 8 atom stereocenters. The molecule has 0 aromatic rings. The highest BCUT2D eigenvalue weighted by molar-refractivity contribution is 7.80. The summed E-state index contributed by atoms with van der Waals surface area (Å²) < 4.78 is 47.4. The van der Waals surface area contributed by atoms with Crippen LogP contribution in [0.3, 0.4) is 0 Å². The molecule has 0 aliphatic carbocycles. The highest BCUT2D eigenvalue weighted by Crippen LogP contribution is 2.26. The second-order valence-corrected chi connectivity index (χ2v) is 17.2. The number of aliphatic hydroxyl groups excluding tert-OH is 5. The van der Waals surface area contributed by atoms with Crippen LogP contribution in [0.1, 0.15) is 194 Å². The molecule has 7 N–H and O–H groups in total. The second-order valence-electron chi connectivity index (χ2n) is 16.1. The van der Waals surface area contributed by atoms with Gasteiger partial charge in [-0.3, -0.25) is 9.35 Å². The van der Waals surface area contributed by atoms with Gasteiger partial charge in [0.25, 0.3) is 0 Å². The van der Waals surface area contributed by atoms with E-state index >= 15 is 0 Å². The van der Waals surface area contributed by atoms with Gasteiger partial charge in [0.15, 0.2) is 6.29 Å². The Kier molecular flexibility index (Phi) is 32.6. The number of rotatable bonds is 38. The zero-order valence-corrected chi connectivity index (χ0v) is 36.3. The van der Waals surface area contributed by atoms with Gasteiger partial charge < -0.3 is 40.3 Å². The Labute approximate surface area is 345 Å². The fourth-order valence-electron chi connectivity index (χ4n) is 7.28. The van der Waals surface area contributed by atoms with E-state index in [-0.39, 0.29) is 6.42 Å². The van der Waals surface area contributed by atoms with E-state index in [0.29, 0.717) is 12.8 Å². The Morgan fingerprint density at radius 1 is 0.702 bits per heavy atom. The molecule has 1 heterocycles. The van der Waals surface area contributed by atoms with Crippen molar-refractivity contribution in [3.05, 3.63) is 12.2 Å². The number of allylic oxidation sites excluding steroid dienone is 1. The van der Waals surface area contributed by atoms with Crippen LogP contribution < -0.4 is 5.32 Å². The van der Waals surface area contributed by atoms with E-state index in [1.165, 1.54) is 128 Å². The van der Waals surface area contributed by atoms with Gasteiger partial charge in [0.1, 0.15) is 30.5 Å². The average Bonchev–Trinajstić information content (AvgIpc) is 3.18. The largest absolute Gasteiger partial charge is 0.397 e. The molecule has 1 fully saturated rings. The lowest BCUT2D eigenvalue weighted by atomic mass is 9.99. The summed E-state index contributed by atoms with van der Waals surface area (Å²) in [5.41, 5.74) is 0. The van der Waals surface area contributed by atoms with Crippen molar-refractivity contribution < 1.29 is 57.0 Å². The van der Waals surface area contributed by atoms with Crippen molar-refractivity contribution in [1.29, 1.82) is 0 Å². The van der Waals surface area contributed by atoms with E-state index in [4.69, 9.17) is 14.0 Å². The molecule has 0 aromatic heterocycles. The molecule has 1 aliphatic heterocycles. The summed E-state index contributed by atoms with van der Waals surface area (Å²) in [6.07, 6.45) is 24.5. The van der Waals surface area contributed by atoms with Crippen molar-refractivity contribution in [1.82, 2.24) is 5.32 Å². The Morgan fingerprint density at radius 2 is 1.14 bits per heavy atom. The summed E-state index contributed by atoms with van der Waals surface area (Å²) in [5.74, 6) is -0.703. The third kappa shape index (κ3) is 27.3. The lowest BCUT2D eigenvalue weighted by Crippen LogP contribution is -2.61. The summed E-state index contributed by atoms with van der Waals surface area (Å²) in [7, 11) is -5.11. The number of ether oxygens (including phenoxy) is 2. The van der Waals surface area contributed by atoms with Crippen molar-refractivity contribution in [2.24, 2.45) is 0 Å². The van der Waals surface area contributed by atoms with Crippen LogP contribution >= 0.6 is 0 Å². The number of amides is 1. The Balaban J connectivity index is 2.59. The van der Waals surface area contributed by atoms with Crippen LogP contribution in [0, 0.1) is 0 Å². The highest BCUT2D eigenvalue weighted by Gasteiger charge is 2.48. The maximum Gasteiger partial charge on any atom is 0.397 e. The maximum absolute atomic E-state index is 13.0. The molecule has 57 heavy (non-hydrogen) atoms. The van der Waals surface area contributed by atoms with Gasteiger partial charge in [0, 0.05) is 0 Å². The first-order chi connectivity index (χ1) is 27.4. The highest BCUT2D eigenvalue weighted by atomic mass is 32.3. The monoisotopic (exact) mass is 838 g/mol. The van der Waals surface area contributed by atoms with Crippen molar-refractivity contribution >= 4 is 16.3 Å². The molecular weight excluding hydrogens is 755 g/mol. The number of unbranched alkanes of at least 4 members (excludes halogenated alkanes) is 25. The van der Waals surface area contributed by atoms with Crippen LogP contribution in [-0.2, 0) is 28.9 Å². The first-order valence-corrected chi connectivity index (χ1v) is 24.0. The molecular formula is C43H83NO12S. The van der Waals surface area contributed by atoms with Crippen molar-refractivity contribution in [3.8, 4) is 0 Å². The van der Waals surface area contributed by atoms with Gasteiger partial charge in [0.2, 0.25) is 5.91 Å². The summed E-state index contributed by atoms with van der Waals surface area (Å²) in [4.78, 5) is 13.0. The van der Waals surface area contributed by atoms with Gasteiger partial charge >= 0.3 is 10.4 Å². The molecule has 0 saturated carbocycles. The Hall–Kier alpha value is -1.20. The molecule has 1 aliphatic rings. The van der Waals surface area contributed by atoms with Crippen molar-refractivity contribution in [2.75, 3.05) is 13.2 Å². The summed E-state index contributed by atoms with van der Waals surface area (Å²) >= 11 is 0. The SMILES string of the molecule is CCCCCCCCCCCCCCCCCC/C=C/C(O)C(COC1OC(CO)C(O)C(OS(=O)(=O)O)C1O)NC(=O)C(O)CCCCCCCCCCCC. The predicted molar refractivity (Wildman–Crippen MR) is 224 cm³/mol.